The minimum atomic E-state index is -3.83. The van der Waals surface area contributed by atoms with Crippen LogP contribution in [-0.4, -0.2) is 27.7 Å². The van der Waals surface area contributed by atoms with Crippen LogP contribution in [0.3, 0.4) is 0 Å². The Morgan fingerprint density at radius 3 is 2.56 bits per heavy atom. The van der Waals surface area contributed by atoms with Gasteiger partial charge in [0.05, 0.1) is 11.4 Å². The molecule has 1 heterocycles. The topological polar surface area (TPSA) is 93.7 Å². The van der Waals surface area contributed by atoms with Crippen molar-refractivity contribution in [2.24, 2.45) is 0 Å². The highest BCUT2D eigenvalue weighted by molar-refractivity contribution is 7.89. The Morgan fingerprint density at radius 2 is 1.80 bits per heavy atom. The van der Waals surface area contributed by atoms with Crippen molar-refractivity contribution in [1.82, 2.24) is 4.72 Å². The maximum atomic E-state index is 12.3. The third-order valence-electron chi connectivity index (χ3n) is 3.87. The monoisotopic (exact) mass is 362 g/mol. The highest BCUT2D eigenvalue weighted by Gasteiger charge is 2.20. The molecule has 0 saturated heterocycles. The summed E-state index contributed by atoms with van der Waals surface area (Å²) in [6.07, 6.45) is 0. The van der Waals surface area contributed by atoms with E-state index in [0.717, 1.165) is 11.1 Å². The molecule has 132 valence electrons. The Kier molecular flexibility index (Phi) is 4.65. The van der Waals surface area contributed by atoms with Gasteiger partial charge in [0.15, 0.2) is 11.5 Å². The number of fused-ring (bicyclic) bond motifs is 1. The Labute approximate surface area is 146 Å². The lowest BCUT2D eigenvalue weighted by Crippen LogP contribution is -2.32. The van der Waals surface area contributed by atoms with E-state index in [1.165, 1.54) is 18.2 Å². The van der Waals surface area contributed by atoms with Gasteiger partial charge in [-0.25, -0.2) is 13.1 Å². The van der Waals surface area contributed by atoms with E-state index >= 15 is 0 Å². The normalized spacial score (nSPS) is 12.9. The second-order valence-electron chi connectivity index (χ2n) is 5.69. The van der Waals surface area contributed by atoms with E-state index in [1.807, 2.05) is 26.0 Å². The second kappa shape index (κ2) is 6.73. The number of carbonyl (C=O) groups excluding carboxylic acids is 1. The van der Waals surface area contributed by atoms with Crippen molar-refractivity contribution in [3.05, 3.63) is 47.5 Å². The Hall–Kier alpha value is -2.58. The van der Waals surface area contributed by atoms with Gasteiger partial charge in [0, 0.05) is 11.8 Å². The molecule has 8 heteroatoms. The number of aryl methyl sites for hydroxylation is 2. The average Bonchev–Trinajstić information content (AvgIpc) is 3.04. The highest BCUT2D eigenvalue weighted by atomic mass is 32.2. The van der Waals surface area contributed by atoms with Crippen LogP contribution in [0.15, 0.2) is 41.3 Å². The molecular weight excluding hydrogens is 344 g/mol. The molecule has 0 aromatic heterocycles. The van der Waals surface area contributed by atoms with Gasteiger partial charge < -0.3 is 14.8 Å². The van der Waals surface area contributed by atoms with Gasteiger partial charge in [0.2, 0.25) is 22.7 Å². The first-order chi connectivity index (χ1) is 11.8. The van der Waals surface area contributed by atoms with E-state index in [1.54, 1.807) is 6.07 Å². The van der Waals surface area contributed by atoms with Crippen molar-refractivity contribution in [2.75, 3.05) is 18.7 Å². The Morgan fingerprint density at radius 1 is 1.04 bits per heavy atom. The molecule has 0 aliphatic carbocycles. The van der Waals surface area contributed by atoms with Gasteiger partial charge >= 0.3 is 0 Å². The number of hydrogen-bond acceptors (Lipinski definition) is 5. The number of carbonyl (C=O) groups is 1. The number of sulfonamides is 1. The molecule has 25 heavy (non-hydrogen) atoms. The number of rotatable bonds is 5. The summed E-state index contributed by atoms with van der Waals surface area (Å²) < 4.78 is 37.2. The number of benzene rings is 2. The molecule has 0 radical (unpaired) electrons. The van der Waals surface area contributed by atoms with Crippen LogP contribution in [0, 0.1) is 13.8 Å². The summed E-state index contributed by atoms with van der Waals surface area (Å²) in [4.78, 5) is 12.0. The quantitative estimate of drug-likeness (QED) is 0.848. The van der Waals surface area contributed by atoms with Gasteiger partial charge in [0.1, 0.15) is 0 Å². The largest absolute Gasteiger partial charge is 0.454 e. The summed E-state index contributed by atoms with van der Waals surface area (Å²) in [5, 5.41) is 2.67. The van der Waals surface area contributed by atoms with Crippen LogP contribution in [0.2, 0.25) is 0 Å². The van der Waals surface area contributed by atoms with Crippen molar-refractivity contribution < 1.29 is 22.7 Å². The molecule has 3 rings (SSSR count). The van der Waals surface area contributed by atoms with Gasteiger partial charge in [-0.1, -0.05) is 6.07 Å². The third kappa shape index (κ3) is 3.92. The smallest absolute Gasteiger partial charge is 0.241 e. The van der Waals surface area contributed by atoms with Crippen molar-refractivity contribution >= 4 is 21.6 Å². The van der Waals surface area contributed by atoms with Crippen molar-refractivity contribution in [3.8, 4) is 11.5 Å². The molecule has 0 saturated carbocycles. The van der Waals surface area contributed by atoms with Crippen LogP contribution in [0.5, 0.6) is 11.5 Å². The molecule has 0 unspecified atom stereocenters. The lowest BCUT2D eigenvalue weighted by Gasteiger charge is -2.09. The zero-order valence-corrected chi connectivity index (χ0v) is 14.6. The standard InChI is InChI=1S/C17H18N2O5S/c1-11-3-4-13(7-12(11)2)19-17(20)9-18-25(21,22)14-5-6-15-16(8-14)24-10-23-15/h3-8,18H,9-10H2,1-2H3,(H,19,20). The molecule has 7 nitrogen and oxygen atoms in total. The molecule has 0 bridgehead atoms. The summed E-state index contributed by atoms with van der Waals surface area (Å²) in [5.74, 6) is 0.404. The molecule has 0 fully saturated rings. The molecule has 1 aliphatic rings. The summed E-state index contributed by atoms with van der Waals surface area (Å²) in [6.45, 7) is 3.60. The van der Waals surface area contributed by atoms with E-state index in [4.69, 9.17) is 9.47 Å². The highest BCUT2D eigenvalue weighted by Crippen LogP contribution is 2.33. The van der Waals surface area contributed by atoms with Crippen LogP contribution >= 0.6 is 0 Å². The van der Waals surface area contributed by atoms with Gasteiger partial charge in [-0.15, -0.1) is 0 Å². The Bertz CT molecular complexity index is 925. The maximum Gasteiger partial charge on any atom is 0.241 e. The summed E-state index contributed by atoms with van der Waals surface area (Å²) >= 11 is 0. The number of anilines is 1. The lowest BCUT2D eigenvalue weighted by molar-refractivity contribution is -0.115. The summed E-state index contributed by atoms with van der Waals surface area (Å²) in [5.41, 5.74) is 2.77. The fourth-order valence-corrected chi connectivity index (χ4v) is 3.31. The minimum Gasteiger partial charge on any atom is -0.454 e. The third-order valence-corrected chi connectivity index (χ3v) is 5.27. The predicted molar refractivity (Wildman–Crippen MR) is 92.3 cm³/mol. The predicted octanol–water partition coefficient (Wildman–Crippen LogP) is 1.95. The first-order valence-corrected chi connectivity index (χ1v) is 9.10. The first-order valence-electron chi connectivity index (χ1n) is 7.61. The minimum absolute atomic E-state index is 0.00994. The van der Waals surface area contributed by atoms with Crippen LogP contribution in [0.1, 0.15) is 11.1 Å². The molecule has 2 N–H and O–H groups in total. The number of amides is 1. The number of ether oxygens (including phenoxy) is 2. The van der Waals surface area contributed by atoms with Gasteiger partial charge in [0.25, 0.3) is 0 Å². The fraction of sp³-hybridized carbons (Fsp3) is 0.235. The van der Waals surface area contributed by atoms with Crippen molar-refractivity contribution in [2.45, 2.75) is 18.7 Å². The zero-order chi connectivity index (χ0) is 18.0. The molecule has 1 aliphatic heterocycles. The maximum absolute atomic E-state index is 12.3. The molecule has 0 atom stereocenters. The first kappa shape index (κ1) is 17.2. The van der Waals surface area contributed by atoms with Gasteiger partial charge in [-0.3, -0.25) is 4.79 Å². The van der Waals surface area contributed by atoms with Crippen molar-refractivity contribution in [1.29, 1.82) is 0 Å². The number of hydrogen-bond donors (Lipinski definition) is 2. The zero-order valence-electron chi connectivity index (χ0n) is 13.8. The van der Waals surface area contributed by atoms with Crippen LogP contribution < -0.4 is 19.5 Å². The van der Waals surface area contributed by atoms with Crippen LogP contribution in [0.25, 0.3) is 0 Å². The SMILES string of the molecule is Cc1ccc(NC(=O)CNS(=O)(=O)c2ccc3c(c2)OCO3)cc1C. The summed E-state index contributed by atoms with van der Waals surface area (Å²) in [7, 11) is -3.83. The van der Waals surface area contributed by atoms with Gasteiger partial charge in [-0.05, 0) is 49.2 Å². The molecule has 0 spiro atoms. The molecule has 1 amide bonds. The average molecular weight is 362 g/mol. The van der Waals surface area contributed by atoms with E-state index < -0.39 is 15.9 Å². The fourth-order valence-electron chi connectivity index (χ4n) is 2.31. The Balaban J connectivity index is 1.63. The van der Waals surface area contributed by atoms with E-state index in [-0.39, 0.29) is 18.2 Å². The van der Waals surface area contributed by atoms with Gasteiger partial charge in [-0.2, -0.15) is 0 Å². The molecule has 2 aromatic carbocycles. The van der Waals surface area contributed by atoms with E-state index in [0.29, 0.717) is 17.2 Å². The van der Waals surface area contributed by atoms with E-state index in [2.05, 4.69) is 10.0 Å². The molecular formula is C17H18N2O5S. The van der Waals surface area contributed by atoms with Crippen molar-refractivity contribution in [3.63, 3.8) is 0 Å². The van der Waals surface area contributed by atoms with Crippen LogP contribution in [0.4, 0.5) is 5.69 Å². The lowest BCUT2D eigenvalue weighted by atomic mass is 10.1. The second-order valence-corrected chi connectivity index (χ2v) is 7.45. The molecule has 2 aromatic rings. The van der Waals surface area contributed by atoms with E-state index in [9.17, 15) is 13.2 Å². The summed E-state index contributed by atoms with van der Waals surface area (Å²) in [6, 6.07) is 9.78. The number of nitrogens with one attached hydrogen (secondary N) is 2. The van der Waals surface area contributed by atoms with Crippen LogP contribution in [-0.2, 0) is 14.8 Å².